The number of halogens is 1. The number of carbonyl (C=O) groups is 2. The van der Waals surface area contributed by atoms with E-state index in [-0.39, 0.29) is 24.9 Å². The van der Waals surface area contributed by atoms with E-state index in [0.717, 1.165) is 37.2 Å². The quantitative estimate of drug-likeness (QED) is 0.548. The zero-order chi connectivity index (χ0) is 23.7. The number of anilines is 2. The topological polar surface area (TPSA) is 82.8 Å². The SMILES string of the molecule is CCc1noc(CN2Cc3ccccc3N(C(=O)c3ccc(N4CCCC4)cc3Cl)CC2=O)n1. The molecule has 1 saturated heterocycles. The summed E-state index contributed by atoms with van der Waals surface area (Å²) in [6.07, 6.45) is 2.97. The van der Waals surface area contributed by atoms with Crippen LogP contribution in [0.3, 0.4) is 0 Å². The predicted octanol–water partition coefficient (Wildman–Crippen LogP) is 4.07. The highest BCUT2D eigenvalue weighted by atomic mass is 35.5. The van der Waals surface area contributed by atoms with Gasteiger partial charge in [-0.05, 0) is 42.7 Å². The van der Waals surface area contributed by atoms with Gasteiger partial charge in [-0.2, -0.15) is 4.98 Å². The molecule has 3 aromatic rings. The van der Waals surface area contributed by atoms with Crippen LogP contribution in [0, 0.1) is 0 Å². The summed E-state index contributed by atoms with van der Waals surface area (Å²) in [5, 5.41) is 4.30. The summed E-state index contributed by atoms with van der Waals surface area (Å²) in [6.45, 7) is 4.35. The maximum absolute atomic E-state index is 13.6. The standard InChI is InChI=1S/C25H26ClN5O3/c1-2-22-27-23(34-28-22)15-30-14-17-7-3-4-8-21(17)31(16-24(30)32)25(33)19-10-9-18(13-20(19)26)29-11-5-6-12-29/h3-4,7-10,13H,2,5-6,11-12,14-16H2,1H3. The molecule has 2 amide bonds. The molecule has 0 N–H and O–H groups in total. The minimum absolute atomic E-state index is 0.102. The first kappa shape index (κ1) is 22.4. The Morgan fingerprint density at radius 1 is 1.12 bits per heavy atom. The number of nitrogens with zero attached hydrogens (tertiary/aromatic N) is 5. The van der Waals surface area contributed by atoms with Crippen LogP contribution >= 0.6 is 11.6 Å². The van der Waals surface area contributed by atoms with E-state index in [1.165, 1.54) is 4.90 Å². The second-order valence-corrected chi connectivity index (χ2v) is 8.99. The lowest BCUT2D eigenvalue weighted by Gasteiger charge is -2.23. The molecular formula is C25H26ClN5O3. The van der Waals surface area contributed by atoms with Crippen molar-refractivity contribution in [3.63, 3.8) is 0 Å². The Balaban J connectivity index is 1.42. The summed E-state index contributed by atoms with van der Waals surface area (Å²) >= 11 is 6.58. The van der Waals surface area contributed by atoms with Crippen LogP contribution in [0.25, 0.3) is 0 Å². The molecular weight excluding hydrogens is 454 g/mol. The molecule has 34 heavy (non-hydrogen) atoms. The van der Waals surface area contributed by atoms with Gasteiger partial charge >= 0.3 is 0 Å². The molecule has 176 valence electrons. The minimum Gasteiger partial charge on any atom is -0.371 e. The second-order valence-electron chi connectivity index (χ2n) is 8.59. The lowest BCUT2D eigenvalue weighted by Crippen LogP contribution is -2.40. The summed E-state index contributed by atoms with van der Waals surface area (Å²) in [4.78, 5) is 36.6. The van der Waals surface area contributed by atoms with E-state index in [2.05, 4.69) is 15.0 Å². The number of carbonyl (C=O) groups excluding carboxylic acids is 2. The first-order valence-electron chi connectivity index (χ1n) is 11.6. The van der Waals surface area contributed by atoms with Gasteiger partial charge in [-0.15, -0.1) is 0 Å². The van der Waals surface area contributed by atoms with Crippen LogP contribution < -0.4 is 9.80 Å². The van der Waals surface area contributed by atoms with E-state index < -0.39 is 0 Å². The molecule has 9 heteroatoms. The van der Waals surface area contributed by atoms with Gasteiger partial charge in [0.15, 0.2) is 5.82 Å². The number of fused-ring (bicyclic) bond motifs is 1. The highest BCUT2D eigenvalue weighted by molar-refractivity contribution is 6.35. The van der Waals surface area contributed by atoms with Crippen LogP contribution in [0.15, 0.2) is 47.0 Å². The van der Waals surface area contributed by atoms with Crippen molar-refractivity contribution in [3.8, 4) is 0 Å². The molecule has 0 aliphatic carbocycles. The Morgan fingerprint density at radius 2 is 1.91 bits per heavy atom. The van der Waals surface area contributed by atoms with Crippen LogP contribution in [0.1, 0.15) is 47.4 Å². The number of benzene rings is 2. The van der Waals surface area contributed by atoms with E-state index in [1.807, 2.05) is 43.3 Å². The van der Waals surface area contributed by atoms with Gasteiger partial charge in [0.05, 0.1) is 10.6 Å². The number of hydrogen-bond acceptors (Lipinski definition) is 6. The van der Waals surface area contributed by atoms with Gasteiger partial charge in [0.2, 0.25) is 11.8 Å². The number of para-hydroxylation sites is 1. The molecule has 1 aromatic heterocycles. The van der Waals surface area contributed by atoms with Gasteiger partial charge in [-0.25, -0.2) is 0 Å². The minimum atomic E-state index is -0.299. The molecule has 2 aromatic carbocycles. The summed E-state index contributed by atoms with van der Waals surface area (Å²) in [7, 11) is 0. The Hall–Kier alpha value is -3.39. The van der Waals surface area contributed by atoms with E-state index in [0.29, 0.717) is 41.0 Å². The monoisotopic (exact) mass is 479 g/mol. The van der Waals surface area contributed by atoms with Crippen molar-refractivity contribution in [2.24, 2.45) is 0 Å². The Labute approximate surface area is 203 Å². The van der Waals surface area contributed by atoms with Crippen molar-refractivity contribution in [2.45, 2.75) is 39.3 Å². The highest BCUT2D eigenvalue weighted by Crippen LogP contribution is 2.31. The zero-order valence-electron chi connectivity index (χ0n) is 19.0. The number of rotatable bonds is 5. The fourth-order valence-corrected chi connectivity index (χ4v) is 4.76. The average molecular weight is 480 g/mol. The van der Waals surface area contributed by atoms with Crippen molar-refractivity contribution >= 4 is 34.8 Å². The Bertz CT molecular complexity index is 1220. The number of aryl methyl sites for hydroxylation is 1. The second kappa shape index (κ2) is 9.46. The predicted molar refractivity (Wildman–Crippen MR) is 129 cm³/mol. The summed E-state index contributed by atoms with van der Waals surface area (Å²) < 4.78 is 5.29. The number of aromatic nitrogens is 2. The third-order valence-electron chi connectivity index (χ3n) is 6.34. The van der Waals surface area contributed by atoms with E-state index in [9.17, 15) is 9.59 Å². The van der Waals surface area contributed by atoms with Gasteiger partial charge in [0.1, 0.15) is 13.1 Å². The van der Waals surface area contributed by atoms with Crippen LogP contribution in [0.4, 0.5) is 11.4 Å². The van der Waals surface area contributed by atoms with Crippen LogP contribution in [0.5, 0.6) is 0 Å². The van der Waals surface area contributed by atoms with Crippen molar-refractivity contribution in [1.82, 2.24) is 15.0 Å². The number of amides is 2. The molecule has 0 spiro atoms. The molecule has 5 rings (SSSR count). The van der Waals surface area contributed by atoms with Crippen LogP contribution in [0.2, 0.25) is 5.02 Å². The summed E-state index contributed by atoms with van der Waals surface area (Å²) in [5.41, 5.74) is 2.96. The first-order chi connectivity index (χ1) is 16.5. The van der Waals surface area contributed by atoms with Crippen molar-refractivity contribution in [2.75, 3.05) is 29.4 Å². The van der Waals surface area contributed by atoms with Gasteiger partial charge < -0.3 is 14.3 Å². The Kier molecular flexibility index (Phi) is 6.24. The number of hydrogen-bond donors (Lipinski definition) is 0. The molecule has 2 aliphatic rings. The van der Waals surface area contributed by atoms with Gasteiger partial charge in [0.25, 0.3) is 5.91 Å². The lowest BCUT2D eigenvalue weighted by molar-refractivity contribution is -0.131. The zero-order valence-corrected chi connectivity index (χ0v) is 19.8. The van der Waals surface area contributed by atoms with Crippen molar-refractivity contribution in [3.05, 3.63) is 70.3 Å². The van der Waals surface area contributed by atoms with Crippen LogP contribution in [-0.2, 0) is 24.3 Å². The van der Waals surface area contributed by atoms with Gasteiger partial charge in [0, 0.05) is 37.4 Å². The smallest absolute Gasteiger partial charge is 0.260 e. The Morgan fingerprint density at radius 3 is 2.65 bits per heavy atom. The highest BCUT2D eigenvalue weighted by Gasteiger charge is 2.31. The molecule has 0 unspecified atom stereocenters. The molecule has 3 heterocycles. The molecule has 0 radical (unpaired) electrons. The third kappa shape index (κ3) is 4.37. The van der Waals surface area contributed by atoms with Gasteiger partial charge in [-0.1, -0.05) is 41.9 Å². The lowest BCUT2D eigenvalue weighted by atomic mass is 10.1. The average Bonchev–Trinajstić information content (AvgIpc) is 3.52. The molecule has 8 nitrogen and oxygen atoms in total. The largest absolute Gasteiger partial charge is 0.371 e. The third-order valence-corrected chi connectivity index (χ3v) is 6.65. The molecule has 2 aliphatic heterocycles. The molecule has 0 atom stereocenters. The maximum Gasteiger partial charge on any atom is 0.260 e. The molecule has 0 saturated carbocycles. The van der Waals surface area contributed by atoms with E-state index in [1.54, 1.807) is 11.0 Å². The van der Waals surface area contributed by atoms with E-state index in [4.69, 9.17) is 16.1 Å². The molecule has 1 fully saturated rings. The van der Waals surface area contributed by atoms with Crippen molar-refractivity contribution in [1.29, 1.82) is 0 Å². The van der Waals surface area contributed by atoms with Gasteiger partial charge in [-0.3, -0.25) is 14.5 Å². The first-order valence-corrected chi connectivity index (χ1v) is 11.9. The normalized spacial score (nSPS) is 16.1. The summed E-state index contributed by atoms with van der Waals surface area (Å²) in [5.74, 6) is 0.474. The molecule has 0 bridgehead atoms. The fourth-order valence-electron chi connectivity index (χ4n) is 4.50. The van der Waals surface area contributed by atoms with Crippen molar-refractivity contribution < 1.29 is 14.1 Å². The maximum atomic E-state index is 13.6. The van der Waals surface area contributed by atoms with E-state index >= 15 is 0 Å². The fraction of sp³-hybridized carbons (Fsp3) is 0.360. The van der Waals surface area contributed by atoms with Crippen LogP contribution in [-0.4, -0.2) is 46.5 Å². The summed E-state index contributed by atoms with van der Waals surface area (Å²) in [6, 6.07) is 13.1.